The highest BCUT2D eigenvalue weighted by Gasteiger charge is 2.20. The molecule has 0 radical (unpaired) electrons. The lowest BCUT2D eigenvalue weighted by Crippen LogP contribution is -2.48. The topological polar surface area (TPSA) is 41.6 Å². The predicted molar refractivity (Wildman–Crippen MR) is 64.3 cm³/mol. The number of nitrogens with one attached hydrogen (secondary N) is 1. The van der Waals surface area contributed by atoms with Gasteiger partial charge >= 0.3 is 0 Å². The molecule has 94 valence electrons. The third-order valence-electron chi connectivity index (χ3n) is 2.69. The minimum absolute atomic E-state index is 0.101. The molecule has 1 aliphatic heterocycles. The van der Waals surface area contributed by atoms with Crippen molar-refractivity contribution in [3.8, 4) is 0 Å². The molecule has 16 heavy (non-hydrogen) atoms. The number of hydrogen-bond acceptors (Lipinski definition) is 3. The highest BCUT2D eigenvalue weighted by Crippen LogP contribution is 2.07. The van der Waals surface area contributed by atoms with Crippen LogP contribution < -0.4 is 5.32 Å². The highest BCUT2D eigenvalue weighted by molar-refractivity contribution is 5.75. The molecule has 1 aliphatic rings. The van der Waals surface area contributed by atoms with Crippen LogP contribution in [-0.2, 0) is 9.53 Å². The van der Waals surface area contributed by atoms with Gasteiger partial charge in [-0.1, -0.05) is 20.8 Å². The minimum atomic E-state index is 0.101. The molecule has 0 aromatic rings. The molecular formula is C12H24N2O2. The fourth-order valence-electron chi connectivity index (χ4n) is 1.94. The molecule has 4 nitrogen and oxygen atoms in total. The van der Waals surface area contributed by atoms with E-state index in [4.69, 9.17) is 4.74 Å². The SMILES string of the molecule is CCC(=O)NCC1CN(CC(C)C)CCO1. The molecule has 0 saturated carbocycles. The maximum absolute atomic E-state index is 11.1. The number of ether oxygens (including phenoxy) is 1. The Hall–Kier alpha value is -0.610. The molecule has 1 N–H and O–H groups in total. The van der Waals surface area contributed by atoms with Gasteiger partial charge in [-0.2, -0.15) is 0 Å². The van der Waals surface area contributed by atoms with Crippen LogP contribution in [0.15, 0.2) is 0 Å². The minimum Gasteiger partial charge on any atom is -0.374 e. The maximum atomic E-state index is 11.1. The number of nitrogens with zero attached hydrogens (tertiary/aromatic N) is 1. The van der Waals surface area contributed by atoms with Gasteiger partial charge in [-0.3, -0.25) is 9.69 Å². The third-order valence-corrected chi connectivity index (χ3v) is 2.69. The zero-order valence-electron chi connectivity index (χ0n) is 10.7. The van der Waals surface area contributed by atoms with Crippen LogP contribution in [0.1, 0.15) is 27.2 Å². The summed E-state index contributed by atoms with van der Waals surface area (Å²) in [6.45, 7) is 10.8. The number of rotatable bonds is 5. The van der Waals surface area contributed by atoms with E-state index in [9.17, 15) is 4.79 Å². The van der Waals surface area contributed by atoms with Gasteiger partial charge in [0, 0.05) is 32.6 Å². The van der Waals surface area contributed by atoms with Crippen LogP contribution in [0.5, 0.6) is 0 Å². The first-order valence-corrected chi connectivity index (χ1v) is 6.22. The molecule has 0 spiro atoms. The van der Waals surface area contributed by atoms with Gasteiger partial charge in [-0.15, -0.1) is 0 Å². The van der Waals surface area contributed by atoms with Crippen LogP contribution in [0.25, 0.3) is 0 Å². The fraction of sp³-hybridized carbons (Fsp3) is 0.917. The Kier molecular flexibility index (Phi) is 5.77. The Bertz CT molecular complexity index is 219. The smallest absolute Gasteiger partial charge is 0.219 e. The molecule has 0 aromatic carbocycles. The number of carbonyl (C=O) groups excluding carboxylic acids is 1. The van der Waals surface area contributed by atoms with E-state index in [1.165, 1.54) is 0 Å². The second kappa shape index (κ2) is 6.86. The number of amides is 1. The Labute approximate surface area is 98.3 Å². The van der Waals surface area contributed by atoms with Crippen molar-refractivity contribution in [1.82, 2.24) is 10.2 Å². The second-order valence-corrected chi connectivity index (χ2v) is 4.80. The first-order valence-electron chi connectivity index (χ1n) is 6.22. The Morgan fingerprint density at radius 3 is 2.94 bits per heavy atom. The van der Waals surface area contributed by atoms with Crippen LogP contribution in [0, 0.1) is 5.92 Å². The van der Waals surface area contributed by atoms with Crippen LogP contribution in [0.4, 0.5) is 0 Å². The molecule has 1 heterocycles. The van der Waals surface area contributed by atoms with E-state index >= 15 is 0 Å². The van der Waals surface area contributed by atoms with Crippen molar-refractivity contribution in [3.63, 3.8) is 0 Å². The van der Waals surface area contributed by atoms with Crippen molar-refractivity contribution in [3.05, 3.63) is 0 Å². The molecule has 1 fully saturated rings. The van der Waals surface area contributed by atoms with E-state index < -0.39 is 0 Å². The summed E-state index contributed by atoms with van der Waals surface area (Å²) in [5, 5.41) is 2.89. The lowest BCUT2D eigenvalue weighted by molar-refractivity contribution is -0.122. The van der Waals surface area contributed by atoms with Gasteiger partial charge in [0.15, 0.2) is 0 Å². The van der Waals surface area contributed by atoms with Crippen LogP contribution >= 0.6 is 0 Å². The van der Waals surface area contributed by atoms with Crippen LogP contribution in [0.2, 0.25) is 0 Å². The summed E-state index contributed by atoms with van der Waals surface area (Å²) in [4.78, 5) is 13.5. The van der Waals surface area contributed by atoms with Gasteiger partial charge in [0.2, 0.25) is 5.91 Å². The number of hydrogen-bond donors (Lipinski definition) is 1. The average molecular weight is 228 g/mol. The van der Waals surface area contributed by atoms with E-state index in [1.54, 1.807) is 0 Å². The first kappa shape index (κ1) is 13.5. The summed E-state index contributed by atoms with van der Waals surface area (Å²) < 4.78 is 5.63. The summed E-state index contributed by atoms with van der Waals surface area (Å²) in [7, 11) is 0. The molecule has 1 rings (SSSR count). The summed E-state index contributed by atoms with van der Waals surface area (Å²) in [6, 6.07) is 0. The monoisotopic (exact) mass is 228 g/mol. The largest absolute Gasteiger partial charge is 0.374 e. The fourth-order valence-corrected chi connectivity index (χ4v) is 1.94. The second-order valence-electron chi connectivity index (χ2n) is 4.80. The van der Waals surface area contributed by atoms with Gasteiger partial charge in [0.05, 0.1) is 12.7 Å². The average Bonchev–Trinajstić information content (AvgIpc) is 2.25. The van der Waals surface area contributed by atoms with E-state index in [2.05, 4.69) is 24.1 Å². The van der Waals surface area contributed by atoms with Gasteiger partial charge in [-0.25, -0.2) is 0 Å². The molecule has 1 atom stereocenters. The summed E-state index contributed by atoms with van der Waals surface area (Å²) in [5.74, 6) is 0.786. The Balaban J connectivity index is 2.24. The normalized spacial score (nSPS) is 22.4. The van der Waals surface area contributed by atoms with E-state index in [0.717, 1.165) is 26.2 Å². The number of carbonyl (C=O) groups is 1. The molecule has 0 aliphatic carbocycles. The van der Waals surface area contributed by atoms with Crippen LogP contribution in [-0.4, -0.2) is 49.7 Å². The van der Waals surface area contributed by atoms with Crippen molar-refractivity contribution in [2.24, 2.45) is 5.92 Å². The molecule has 1 amide bonds. The Morgan fingerprint density at radius 2 is 2.31 bits per heavy atom. The lowest BCUT2D eigenvalue weighted by atomic mass is 10.2. The van der Waals surface area contributed by atoms with E-state index in [-0.39, 0.29) is 12.0 Å². The van der Waals surface area contributed by atoms with Gasteiger partial charge < -0.3 is 10.1 Å². The van der Waals surface area contributed by atoms with Crippen molar-refractivity contribution >= 4 is 5.91 Å². The van der Waals surface area contributed by atoms with E-state index in [1.807, 2.05) is 6.92 Å². The Morgan fingerprint density at radius 1 is 1.56 bits per heavy atom. The zero-order chi connectivity index (χ0) is 12.0. The molecule has 0 bridgehead atoms. The van der Waals surface area contributed by atoms with Gasteiger partial charge in [0.25, 0.3) is 0 Å². The predicted octanol–water partition coefficient (Wildman–Crippen LogP) is 0.869. The number of morpholine rings is 1. The summed E-state index contributed by atoms with van der Waals surface area (Å²) in [6.07, 6.45) is 0.700. The quantitative estimate of drug-likeness (QED) is 0.759. The molecule has 1 unspecified atom stereocenters. The molecule has 1 saturated heterocycles. The van der Waals surface area contributed by atoms with Gasteiger partial charge in [0.1, 0.15) is 0 Å². The first-order chi connectivity index (χ1) is 7.61. The van der Waals surface area contributed by atoms with Crippen molar-refractivity contribution in [2.45, 2.75) is 33.3 Å². The van der Waals surface area contributed by atoms with Crippen molar-refractivity contribution in [2.75, 3.05) is 32.8 Å². The maximum Gasteiger partial charge on any atom is 0.219 e. The highest BCUT2D eigenvalue weighted by atomic mass is 16.5. The third kappa shape index (κ3) is 4.94. The summed E-state index contributed by atoms with van der Waals surface area (Å²) in [5.41, 5.74) is 0. The molecular weight excluding hydrogens is 204 g/mol. The molecule has 0 aromatic heterocycles. The zero-order valence-corrected chi connectivity index (χ0v) is 10.7. The molecule has 4 heteroatoms. The van der Waals surface area contributed by atoms with E-state index in [0.29, 0.717) is 18.9 Å². The summed E-state index contributed by atoms with van der Waals surface area (Å²) >= 11 is 0. The van der Waals surface area contributed by atoms with Crippen molar-refractivity contribution in [1.29, 1.82) is 0 Å². The van der Waals surface area contributed by atoms with Crippen molar-refractivity contribution < 1.29 is 9.53 Å². The van der Waals surface area contributed by atoms with Gasteiger partial charge in [-0.05, 0) is 5.92 Å². The standard InChI is InChI=1S/C12H24N2O2/c1-4-12(15)13-7-11-9-14(5-6-16-11)8-10(2)3/h10-11H,4-9H2,1-3H3,(H,13,15). The van der Waals surface area contributed by atoms with Crippen LogP contribution in [0.3, 0.4) is 0 Å². The lowest BCUT2D eigenvalue weighted by Gasteiger charge is -2.33.